The number of unbranched alkanes of at least 4 members (excludes halogenated alkanes) is 9. The first-order chi connectivity index (χ1) is 11.4. The Morgan fingerprint density at radius 2 is 1.46 bits per heavy atom. The molecule has 1 aliphatic rings. The van der Waals surface area contributed by atoms with Crippen LogP contribution in [0.15, 0.2) is 5.16 Å². The molecule has 1 atom stereocenters. The second-order valence-corrected chi connectivity index (χ2v) is 7.36. The van der Waals surface area contributed by atoms with E-state index in [0.29, 0.717) is 6.04 Å². The second kappa shape index (κ2) is 17.5. The normalized spacial score (nSPS) is 20.4. The van der Waals surface area contributed by atoms with Gasteiger partial charge in [0, 0.05) is 6.42 Å². The van der Waals surface area contributed by atoms with Gasteiger partial charge in [-0.25, -0.2) is 0 Å². The Hall–Kier alpha value is -0.280. The van der Waals surface area contributed by atoms with Crippen molar-refractivity contribution in [2.24, 2.45) is 5.16 Å². The van der Waals surface area contributed by atoms with Crippen LogP contribution in [0.3, 0.4) is 0 Å². The van der Waals surface area contributed by atoms with Gasteiger partial charge in [0.15, 0.2) is 0 Å². The SMILES string of the molecule is CCCCCCCCCCCC[NH2+]C1CCCCCCC1=NO.[Cl-]. The molecule has 3 nitrogen and oxygen atoms in total. The number of nitrogens with zero attached hydrogens (tertiary/aromatic N) is 1. The van der Waals surface area contributed by atoms with Gasteiger partial charge in [-0.1, -0.05) is 76.3 Å². The van der Waals surface area contributed by atoms with E-state index in [1.807, 2.05) is 0 Å². The number of rotatable bonds is 12. The van der Waals surface area contributed by atoms with Crippen LogP contribution < -0.4 is 17.7 Å². The van der Waals surface area contributed by atoms with Crippen LogP contribution >= 0.6 is 0 Å². The van der Waals surface area contributed by atoms with Gasteiger partial charge in [-0.3, -0.25) is 0 Å². The molecule has 0 amide bonds. The minimum Gasteiger partial charge on any atom is -1.00 e. The summed E-state index contributed by atoms with van der Waals surface area (Å²) in [4.78, 5) is 0. The third-order valence-electron chi connectivity index (χ3n) is 5.26. The van der Waals surface area contributed by atoms with Crippen LogP contribution in [-0.2, 0) is 0 Å². The molecule has 1 saturated carbocycles. The molecule has 4 heteroatoms. The summed E-state index contributed by atoms with van der Waals surface area (Å²) in [5.41, 5.74) is 1.04. The molecule has 1 rings (SSSR count). The molecule has 0 spiro atoms. The summed E-state index contributed by atoms with van der Waals surface area (Å²) in [7, 11) is 0. The van der Waals surface area contributed by atoms with E-state index < -0.39 is 0 Å². The van der Waals surface area contributed by atoms with Crippen LogP contribution in [0.5, 0.6) is 0 Å². The number of hydrogen-bond acceptors (Lipinski definition) is 2. The van der Waals surface area contributed by atoms with Gasteiger partial charge in [-0.05, 0) is 32.1 Å². The zero-order valence-electron chi connectivity index (χ0n) is 15.9. The zero-order valence-corrected chi connectivity index (χ0v) is 16.7. The second-order valence-electron chi connectivity index (χ2n) is 7.36. The lowest BCUT2D eigenvalue weighted by Crippen LogP contribution is -3.00. The lowest BCUT2D eigenvalue weighted by atomic mass is 9.95. The third-order valence-corrected chi connectivity index (χ3v) is 5.26. The monoisotopic (exact) mass is 360 g/mol. The summed E-state index contributed by atoms with van der Waals surface area (Å²) in [5, 5.41) is 15.2. The highest BCUT2D eigenvalue weighted by molar-refractivity contribution is 5.87. The van der Waals surface area contributed by atoms with Crippen molar-refractivity contribution in [2.45, 2.75) is 116 Å². The molecule has 0 aromatic carbocycles. The summed E-state index contributed by atoms with van der Waals surface area (Å²) >= 11 is 0. The van der Waals surface area contributed by atoms with Crippen LogP contribution in [0.25, 0.3) is 0 Å². The molecular formula is C20H41ClN2O. The molecule has 24 heavy (non-hydrogen) atoms. The highest BCUT2D eigenvalue weighted by Gasteiger charge is 2.20. The molecule has 0 radical (unpaired) electrons. The van der Waals surface area contributed by atoms with Crippen LogP contribution in [0.2, 0.25) is 0 Å². The van der Waals surface area contributed by atoms with E-state index in [1.54, 1.807) is 0 Å². The maximum Gasteiger partial charge on any atom is 0.128 e. The Bertz CT molecular complexity index is 297. The fourth-order valence-corrected chi connectivity index (χ4v) is 3.70. The summed E-state index contributed by atoms with van der Waals surface area (Å²) in [5.74, 6) is 0. The first-order valence-corrected chi connectivity index (χ1v) is 10.4. The van der Waals surface area contributed by atoms with Crippen molar-refractivity contribution in [1.29, 1.82) is 0 Å². The molecule has 3 N–H and O–H groups in total. The molecule has 0 saturated heterocycles. The number of oxime groups is 1. The van der Waals surface area contributed by atoms with Gasteiger partial charge in [0.25, 0.3) is 0 Å². The van der Waals surface area contributed by atoms with E-state index in [1.165, 1.54) is 103 Å². The average molecular weight is 361 g/mol. The fourth-order valence-electron chi connectivity index (χ4n) is 3.70. The van der Waals surface area contributed by atoms with E-state index in [9.17, 15) is 5.21 Å². The van der Waals surface area contributed by atoms with Crippen LogP contribution in [-0.4, -0.2) is 23.5 Å². The van der Waals surface area contributed by atoms with Gasteiger partial charge in [0.1, 0.15) is 11.8 Å². The molecule has 0 aromatic rings. The lowest BCUT2D eigenvalue weighted by Gasteiger charge is -2.19. The zero-order chi connectivity index (χ0) is 16.6. The molecule has 1 fully saturated rings. The van der Waals surface area contributed by atoms with Gasteiger partial charge >= 0.3 is 0 Å². The third kappa shape index (κ3) is 12.1. The first kappa shape index (κ1) is 23.7. The quantitative estimate of drug-likeness (QED) is 0.312. The Kier molecular flexibility index (Phi) is 17.3. The first-order valence-electron chi connectivity index (χ1n) is 10.4. The van der Waals surface area contributed by atoms with Crippen LogP contribution in [0, 0.1) is 0 Å². The maximum atomic E-state index is 9.22. The number of hydrogen-bond donors (Lipinski definition) is 2. The maximum absolute atomic E-state index is 9.22. The largest absolute Gasteiger partial charge is 1.00 e. The molecule has 1 unspecified atom stereocenters. The average Bonchev–Trinajstić information content (AvgIpc) is 2.54. The Balaban J connectivity index is 0.00000529. The topological polar surface area (TPSA) is 49.2 Å². The van der Waals surface area contributed by atoms with Crippen LogP contribution in [0.4, 0.5) is 0 Å². The highest BCUT2D eigenvalue weighted by atomic mass is 35.5. The summed E-state index contributed by atoms with van der Waals surface area (Å²) in [6.07, 6.45) is 21.3. The summed E-state index contributed by atoms with van der Waals surface area (Å²) < 4.78 is 0. The molecule has 0 bridgehead atoms. The minimum absolute atomic E-state index is 0. The van der Waals surface area contributed by atoms with Crippen molar-refractivity contribution in [1.82, 2.24) is 0 Å². The predicted molar refractivity (Wildman–Crippen MR) is 99.3 cm³/mol. The number of halogens is 1. The van der Waals surface area contributed by atoms with Crippen molar-refractivity contribution in [3.63, 3.8) is 0 Å². The van der Waals surface area contributed by atoms with Crippen LogP contribution in [0.1, 0.15) is 110 Å². The van der Waals surface area contributed by atoms with E-state index >= 15 is 0 Å². The van der Waals surface area contributed by atoms with Crippen molar-refractivity contribution < 1.29 is 22.9 Å². The summed E-state index contributed by atoms with van der Waals surface area (Å²) in [6, 6.07) is 0.443. The molecule has 1 aliphatic carbocycles. The molecule has 0 aromatic heterocycles. The fraction of sp³-hybridized carbons (Fsp3) is 0.950. The van der Waals surface area contributed by atoms with Crippen molar-refractivity contribution in [3.8, 4) is 0 Å². The molecule has 144 valence electrons. The van der Waals surface area contributed by atoms with Crippen molar-refractivity contribution in [2.75, 3.05) is 6.54 Å². The molecule has 0 heterocycles. The Labute approximate surface area is 156 Å². The van der Waals surface area contributed by atoms with Crippen molar-refractivity contribution >= 4 is 5.71 Å². The van der Waals surface area contributed by atoms with E-state index in [4.69, 9.17) is 0 Å². The van der Waals surface area contributed by atoms with Gasteiger partial charge in [0.2, 0.25) is 0 Å². The van der Waals surface area contributed by atoms with Gasteiger partial charge < -0.3 is 22.9 Å². The van der Waals surface area contributed by atoms with Crippen molar-refractivity contribution in [3.05, 3.63) is 0 Å². The smallest absolute Gasteiger partial charge is 0.128 e. The van der Waals surface area contributed by atoms with Gasteiger partial charge in [0.05, 0.1) is 6.54 Å². The summed E-state index contributed by atoms with van der Waals surface area (Å²) in [6.45, 7) is 3.48. The lowest BCUT2D eigenvalue weighted by molar-refractivity contribution is -0.675. The molecular weight excluding hydrogens is 320 g/mol. The van der Waals surface area contributed by atoms with Gasteiger partial charge in [-0.2, -0.15) is 0 Å². The van der Waals surface area contributed by atoms with E-state index in [0.717, 1.165) is 12.1 Å². The van der Waals surface area contributed by atoms with Gasteiger partial charge in [-0.15, -0.1) is 0 Å². The van der Waals surface area contributed by atoms with E-state index in [2.05, 4.69) is 17.4 Å². The predicted octanol–water partition coefficient (Wildman–Crippen LogP) is 2.03. The number of quaternary nitrogens is 1. The van der Waals surface area contributed by atoms with E-state index in [-0.39, 0.29) is 12.4 Å². The minimum atomic E-state index is 0. The molecule has 0 aliphatic heterocycles. The number of nitrogens with two attached hydrogens (primary N) is 1. The Morgan fingerprint density at radius 1 is 0.875 bits per heavy atom. The Morgan fingerprint density at radius 3 is 2.08 bits per heavy atom. The standard InChI is InChI=1S/C20H40N2O.ClH/c1-2-3-4-5-6-7-8-9-12-15-18-21-19-16-13-10-11-14-17-20(19)22-23;/h19,21,23H,2-18H2,1H3;1H. The highest BCUT2D eigenvalue weighted by Crippen LogP contribution is 2.14.